The largest absolute Gasteiger partial charge is 0.481 e. The maximum absolute atomic E-state index is 10.9. The lowest BCUT2D eigenvalue weighted by Crippen LogP contribution is -2.13. The number of hydrogen-bond donors (Lipinski definition) is 1. The first kappa shape index (κ1) is 11.9. The fourth-order valence-electron chi connectivity index (χ4n) is 1.25. The summed E-state index contributed by atoms with van der Waals surface area (Å²) in [5.74, 6) is -1.28. The van der Waals surface area contributed by atoms with E-state index in [-0.39, 0.29) is 24.7 Å². The van der Waals surface area contributed by atoms with Crippen LogP contribution in [0.5, 0.6) is 0 Å². The topological polar surface area (TPSA) is 63.6 Å². The maximum Gasteiger partial charge on any atom is 0.305 e. The van der Waals surface area contributed by atoms with Crippen molar-refractivity contribution in [3.63, 3.8) is 0 Å². The van der Waals surface area contributed by atoms with E-state index in [0.717, 1.165) is 12.8 Å². The molecule has 76 valence electrons. The Bertz CT molecular complexity index is 176. The van der Waals surface area contributed by atoms with Crippen molar-refractivity contribution < 1.29 is 19.4 Å². The lowest BCUT2D eigenvalue weighted by atomic mass is 9.96. The van der Waals surface area contributed by atoms with E-state index in [4.69, 9.17) is 5.11 Å². The molecular formula is C9H16O4. The highest BCUT2D eigenvalue weighted by Crippen LogP contribution is 2.16. The summed E-state index contributed by atoms with van der Waals surface area (Å²) in [4.78, 5) is 21.3. The first-order valence-corrected chi connectivity index (χ1v) is 4.38. The number of esters is 1. The summed E-state index contributed by atoms with van der Waals surface area (Å²) in [6.07, 6.45) is 1.88. The summed E-state index contributed by atoms with van der Waals surface area (Å²) in [5.41, 5.74) is 0. The summed E-state index contributed by atoms with van der Waals surface area (Å²) < 4.78 is 4.48. The normalized spacial score (nSPS) is 12.2. The number of ether oxygens (including phenoxy) is 1. The second-order valence-electron chi connectivity index (χ2n) is 3.03. The Morgan fingerprint density at radius 1 is 1.38 bits per heavy atom. The zero-order valence-electron chi connectivity index (χ0n) is 8.08. The van der Waals surface area contributed by atoms with Crippen LogP contribution in [0.3, 0.4) is 0 Å². The SMILES string of the molecule is CCC[C@@H](CC(=O)O)CC(=O)OC. The first-order chi connectivity index (χ1) is 6.10. The molecule has 0 saturated carbocycles. The predicted octanol–water partition coefficient (Wildman–Crippen LogP) is 1.44. The number of carbonyl (C=O) groups excluding carboxylic acids is 1. The van der Waals surface area contributed by atoms with Crippen molar-refractivity contribution in [3.8, 4) is 0 Å². The highest BCUT2D eigenvalue weighted by molar-refractivity contribution is 5.72. The van der Waals surface area contributed by atoms with Crippen LogP contribution in [0.2, 0.25) is 0 Å². The van der Waals surface area contributed by atoms with Gasteiger partial charge in [0, 0.05) is 12.8 Å². The lowest BCUT2D eigenvalue weighted by Gasteiger charge is -2.11. The molecule has 4 heteroatoms. The number of carboxylic acids is 1. The number of hydrogen-bond acceptors (Lipinski definition) is 3. The minimum absolute atomic E-state index is 0.0446. The van der Waals surface area contributed by atoms with E-state index < -0.39 is 5.97 Å². The van der Waals surface area contributed by atoms with Crippen LogP contribution in [-0.4, -0.2) is 24.2 Å². The van der Waals surface area contributed by atoms with E-state index >= 15 is 0 Å². The smallest absolute Gasteiger partial charge is 0.305 e. The molecule has 0 saturated heterocycles. The van der Waals surface area contributed by atoms with E-state index in [1.165, 1.54) is 7.11 Å². The van der Waals surface area contributed by atoms with Gasteiger partial charge in [0.1, 0.15) is 0 Å². The van der Waals surface area contributed by atoms with Crippen molar-refractivity contribution in [2.75, 3.05) is 7.11 Å². The molecule has 4 nitrogen and oxygen atoms in total. The zero-order valence-corrected chi connectivity index (χ0v) is 8.08. The van der Waals surface area contributed by atoms with Crippen molar-refractivity contribution in [2.45, 2.75) is 32.6 Å². The molecule has 0 aliphatic rings. The molecule has 0 rings (SSSR count). The average Bonchev–Trinajstić information content (AvgIpc) is 2.03. The molecule has 0 radical (unpaired) electrons. The van der Waals surface area contributed by atoms with Crippen LogP contribution in [0.15, 0.2) is 0 Å². The molecule has 0 aromatic heterocycles. The van der Waals surface area contributed by atoms with Crippen molar-refractivity contribution in [2.24, 2.45) is 5.92 Å². The van der Waals surface area contributed by atoms with Crippen LogP contribution in [0.1, 0.15) is 32.6 Å². The van der Waals surface area contributed by atoms with Gasteiger partial charge in [0.25, 0.3) is 0 Å². The Hall–Kier alpha value is -1.06. The third-order valence-corrected chi connectivity index (χ3v) is 1.84. The van der Waals surface area contributed by atoms with Gasteiger partial charge in [-0.1, -0.05) is 13.3 Å². The quantitative estimate of drug-likeness (QED) is 0.640. The van der Waals surface area contributed by atoms with Gasteiger partial charge in [-0.15, -0.1) is 0 Å². The molecule has 13 heavy (non-hydrogen) atoms. The molecule has 1 N–H and O–H groups in total. The summed E-state index contributed by atoms with van der Waals surface area (Å²) in [6.45, 7) is 1.96. The Kier molecular flexibility index (Phi) is 5.93. The second-order valence-corrected chi connectivity index (χ2v) is 3.03. The van der Waals surface area contributed by atoms with Crippen LogP contribution in [0, 0.1) is 5.92 Å². The monoisotopic (exact) mass is 188 g/mol. The number of carboxylic acid groups (broad SMARTS) is 1. The molecule has 0 heterocycles. The van der Waals surface area contributed by atoms with Crippen LogP contribution < -0.4 is 0 Å². The van der Waals surface area contributed by atoms with Crippen molar-refractivity contribution in [1.82, 2.24) is 0 Å². The molecule has 1 atom stereocenters. The van der Waals surface area contributed by atoms with Gasteiger partial charge in [0.05, 0.1) is 7.11 Å². The van der Waals surface area contributed by atoms with Gasteiger partial charge in [-0.2, -0.15) is 0 Å². The maximum atomic E-state index is 10.9. The van der Waals surface area contributed by atoms with E-state index in [2.05, 4.69) is 4.74 Å². The Morgan fingerprint density at radius 3 is 2.38 bits per heavy atom. The average molecular weight is 188 g/mol. The van der Waals surface area contributed by atoms with E-state index in [1.54, 1.807) is 0 Å². The number of methoxy groups -OCH3 is 1. The van der Waals surface area contributed by atoms with Gasteiger partial charge >= 0.3 is 11.9 Å². The fourth-order valence-corrected chi connectivity index (χ4v) is 1.25. The van der Waals surface area contributed by atoms with Crippen molar-refractivity contribution >= 4 is 11.9 Å². The number of carbonyl (C=O) groups is 2. The van der Waals surface area contributed by atoms with Gasteiger partial charge in [-0.05, 0) is 12.3 Å². The third kappa shape index (κ3) is 6.13. The summed E-state index contributed by atoms with van der Waals surface area (Å²) in [5, 5.41) is 8.54. The van der Waals surface area contributed by atoms with Crippen LogP contribution in [0.25, 0.3) is 0 Å². The van der Waals surface area contributed by atoms with Crippen LogP contribution in [-0.2, 0) is 14.3 Å². The van der Waals surface area contributed by atoms with Gasteiger partial charge in [-0.25, -0.2) is 0 Å². The van der Waals surface area contributed by atoms with E-state index in [0.29, 0.717) is 0 Å². The Balaban J connectivity index is 3.93. The molecule has 0 spiro atoms. The van der Waals surface area contributed by atoms with E-state index in [1.807, 2.05) is 6.92 Å². The minimum Gasteiger partial charge on any atom is -0.481 e. The Labute approximate surface area is 77.9 Å². The van der Waals surface area contributed by atoms with E-state index in [9.17, 15) is 9.59 Å². The van der Waals surface area contributed by atoms with Gasteiger partial charge in [0.2, 0.25) is 0 Å². The summed E-state index contributed by atoms with van der Waals surface area (Å²) >= 11 is 0. The summed E-state index contributed by atoms with van der Waals surface area (Å²) in [7, 11) is 1.31. The zero-order chi connectivity index (χ0) is 10.3. The molecule has 0 aliphatic heterocycles. The van der Waals surface area contributed by atoms with Gasteiger partial charge in [-0.3, -0.25) is 9.59 Å². The molecule has 0 bridgehead atoms. The van der Waals surface area contributed by atoms with Crippen LogP contribution >= 0.6 is 0 Å². The van der Waals surface area contributed by atoms with Crippen molar-refractivity contribution in [1.29, 1.82) is 0 Å². The van der Waals surface area contributed by atoms with Gasteiger partial charge in [0.15, 0.2) is 0 Å². The highest BCUT2D eigenvalue weighted by Gasteiger charge is 2.16. The standard InChI is InChI=1S/C9H16O4/c1-3-4-7(5-8(10)11)6-9(12)13-2/h7H,3-6H2,1-2H3,(H,10,11)/t7-/m0/s1. The fraction of sp³-hybridized carbons (Fsp3) is 0.778. The first-order valence-electron chi connectivity index (χ1n) is 4.38. The molecule has 0 amide bonds. The van der Waals surface area contributed by atoms with Crippen LogP contribution in [0.4, 0.5) is 0 Å². The number of rotatable bonds is 6. The molecular weight excluding hydrogens is 172 g/mol. The summed E-state index contributed by atoms with van der Waals surface area (Å²) in [6, 6.07) is 0. The molecule has 0 unspecified atom stereocenters. The molecule has 0 aliphatic carbocycles. The molecule has 0 fully saturated rings. The number of aliphatic carboxylic acids is 1. The second kappa shape index (κ2) is 6.46. The lowest BCUT2D eigenvalue weighted by molar-refractivity contribution is -0.143. The molecule has 0 aromatic rings. The van der Waals surface area contributed by atoms with Crippen molar-refractivity contribution in [3.05, 3.63) is 0 Å². The minimum atomic E-state index is -0.859. The third-order valence-electron chi connectivity index (χ3n) is 1.84. The molecule has 0 aromatic carbocycles. The van der Waals surface area contributed by atoms with Gasteiger partial charge < -0.3 is 9.84 Å². The highest BCUT2D eigenvalue weighted by atomic mass is 16.5. The predicted molar refractivity (Wildman–Crippen MR) is 47.3 cm³/mol. The Morgan fingerprint density at radius 2 is 2.00 bits per heavy atom.